The van der Waals surface area contributed by atoms with Gasteiger partial charge in [0.1, 0.15) is 11.5 Å². The van der Waals surface area contributed by atoms with E-state index in [2.05, 4.69) is 72.8 Å². The zero-order valence-electron chi connectivity index (χ0n) is 18.1. The first-order chi connectivity index (χ1) is 15.3. The molecule has 1 unspecified atom stereocenters. The Morgan fingerprint density at radius 2 is 1.68 bits per heavy atom. The predicted molar refractivity (Wildman–Crippen MR) is 123 cm³/mol. The smallest absolute Gasteiger partial charge is 0.119 e. The fourth-order valence-electron chi connectivity index (χ4n) is 4.90. The first kappa shape index (κ1) is 20.1. The van der Waals surface area contributed by atoms with Gasteiger partial charge in [-0.25, -0.2) is 0 Å². The number of rotatable bonds is 8. The molecule has 0 aromatic heterocycles. The Morgan fingerprint density at radius 3 is 2.42 bits per heavy atom. The maximum absolute atomic E-state index is 5.97. The molecule has 0 bridgehead atoms. The Bertz CT molecular complexity index is 993. The van der Waals surface area contributed by atoms with E-state index in [0.29, 0.717) is 17.9 Å². The van der Waals surface area contributed by atoms with E-state index >= 15 is 0 Å². The molecular weight excluding hydrogens is 384 g/mol. The fourth-order valence-corrected chi connectivity index (χ4v) is 4.90. The van der Waals surface area contributed by atoms with Crippen molar-refractivity contribution in [2.24, 2.45) is 0 Å². The van der Waals surface area contributed by atoms with E-state index in [1.54, 1.807) is 7.11 Å². The van der Waals surface area contributed by atoms with Crippen LogP contribution in [0.3, 0.4) is 0 Å². The van der Waals surface area contributed by atoms with Crippen LogP contribution >= 0.6 is 0 Å². The van der Waals surface area contributed by atoms with Crippen molar-refractivity contribution < 1.29 is 14.2 Å². The van der Waals surface area contributed by atoms with Crippen molar-refractivity contribution in [1.82, 2.24) is 0 Å². The molecule has 0 radical (unpaired) electrons. The molecule has 1 aliphatic carbocycles. The number of hydrogen-bond donors (Lipinski definition) is 0. The van der Waals surface area contributed by atoms with Gasteiger partial charge in [-0.1, -0.05) is 48.5 Å². The van der Waals surface area contributed by atoms with Gasteiger partial charge in [0.05, 0.1) is 26.4 Å². The van der Waals surface area contributed by atoms with Gasteiger partial charge in [-0.15, -0.1) is 0 Å². The molecule has 0 saturated carbocycles. The summed E-state index contributed by atoms with van der Waals surface area (Å²) in [4.78, 5) is 0. The molecule has 1 heterocycles. The van der Waals surface area contributed by atoms with Gasteiger partial charge in [-0.3, -0.25) is 0 Å². The van der Waals surface area contributed by atoms with Crippen LogP contribution in [0.25, 0.3) is 0 Å². The molecule has 3 nitrogen and oxygen atoms in total. The number of ether oxygens (including phenoxy) is 3. The van der Waals surface area contributed by atoms with Gasteiger partial charge in [0.2, 0.25) is 0 Å². The molecule has 3 aromatic carbocycles. The summed E-state index contributed by atoms with van der Waals surface area (Å²) in [5.74, 6) is 2.68. The summed E-state index contributed by atoms with van der Waals surface area (Å²) in [6.07, 6.45) is 4.83. The zero-order valence-corrected chi connectivity index (χ0v) is 18.1. The lowest BCUT2D eigenvalue weighted by Gasteiger charge is -2.35. The maximum Gasteiger partial charge on any atom is 0.119 e. The first-order valence-corrected chi connectivity index (χ1v) is 11.4. The Hall–Kier alpha value is -2.78. The van der Waals surface area contributed by atoms with Gasteiger partial charge in [0.15, 0.2) is 0 Å². The SMILES string of the molecule is COc1ccc2c(c1)CC[C@@H](c1ccccc1)[C@H]2c1ccc(OCCCC2CO2)cc1. The first-order valence-electron chi connectivity index (χ1n) is 11.4. The number of methoxy groups -OCH3 is 1. The third kappa shape index (κ3) is 4.62. The maximum atomic E-state index is 5.97. The molecule has 5 rings (SSSR count). The lowest BCUT2D eigenvalue weighted by atomic mass is 9.69. The highest BCUT2D eigenvalue weighted by molar-refractivity contribution is 5.48. The fraction of sp³-hybridized carbons (Fsp3) is 0.357. The Labute approximate surface area is 185 Å². The Balaban J connectivity index is 1.40. The van der Waals surface area contributed by atoms with Gasteiger partial charge in [-0.05, 0) is 78.1 Å². The molecule has 0 N–H and O–H groups in total. The minimum absolute atomic E-state index is 0.332. The van der Waals surface area contributed by atoms with Crippen LogP contribution in [0.2, 0.25) is 0 Å². The van der Waals surface area contributed by atoms with E-state index in [0.717, 1.165) is 50.4 Å². The number of fused-ring (bicyclic) bond motifs is 1. The molecule has 3 aromatic rings. The van der Waals surface area contributed by atoms with Crippen LogP contribution < -0.4 is 9.47 Å². The van der Waals surface area contributed by atoms with Gasteiger partial charge in [-0.2, -0.15) is 0 Å². The minimum Gasteiger partial charge on any atom is -0.497 e. The second-order valence-corrected chi connectivity index (χ2v) is 8.61. The summed E-state index contributed by atoms with van der Waals surface area (Å²) in [5, 5.41) is 0. The molecule has 1 aliphatic heterocycles. The van der Waals surface area contributed by atoms with Crippen molar-refractivity contribution in [2.75, 3.05) is 20.3 Å². The molecule has 0 amide bonds. The molecular formula is C28H30O3. The standard InChI is InChI=1S/C28H30O3/c1-29-24-14-16-27-22(18-24)11-15-26(20-6-3-2-4-7-20)28(27)21-9-12-23(13-10-21)30-17-5-8-25-19-31-25/h2-4,6-7,9-10,12-14,16,18,25-26,28H,5,8,11,15,17,19H2,1H3/t25?,26-,28+/m0/s1. The highest BCUT2D eigenvalue weighted by atomic mass is 16.6. The highest BCUT2D eigenvalue weighted by Gasteiger charge is 2.32. The van der Waals surface area contributed by atoms with Crippen LogP contribution in [0, 0.1) is 0 Å². The predicted octanol–water partition coefficient (Wildman–Crippen LogP) is 6.11. The summed E-state index contributed by atoms with van der Waals surface area (Å²) in [6.45, 7) is 1.67. The molecule has 3 atom stereocenters. The average molecular weight is 415 g/mol. The van der Waals surface area contributed by atoms with Crippen molar-refractivity contribution in [3.8, 4) is 11.5 Å². The molecule has 3 heteroatoms. The minimum atomic E-state index is 0.332. The van der Waals surface area contributed by atoms with Crippen molar-refractivity contribution in [1.29, 1.82) is 0 Å². The molecule has 1 fully saturated rings. The average Bonchev–Trinajstić information content (AvgIpc) is 3.66. The van der Waals surface area contributed by atoms with E-state index in [1.165, 1.54) is 22.3 Å². The molecule has 160 valence electrons. The summed E-state index contributed by atoms with van der Waals surface area (Å²) in [7, 11) is 1.74. The topological polar surface area (TPSA) is 31.0 Å². The Morgan fingerprint density at radius 1 is 0.903 bits per heavy atom. The van der Waals surface area contributed by atoms with Crippen LogP contribution in [0.4, 0.5) is 0 Å². The quantitative estimate of drug-likeness (QED) is 0.329. The van der Waals surface area contributed by atoms with Gasteiger partial charge < -0.3 is 14.2 Å². The third-order valence-electron chi connectivity index (χ3n) is 6.62. The van der Waals surface area contributed by atoms with E-state index < -0.39 is 0 Å². The molecule has 1 saturated heterocycles. The van der Waals surface area contributed by atoms with E-state index in [9.17, 15) is 0 Å². The second kappa shape index (κ2) is 9.15. The largest absolute Gasteiger partial charge is 0.497 e. The number of hydrogen-bond acceptors (Lipinski definition) is 3. The van der Waals surface area contributed by atoms with Crippen molar-refractivity contribution in [2.45, 2.75) is 43.6 Å². The van der Waals surface area contributed by atoms with Gasteiger partial charge >= 0.3 is 0 Å². The Kier molecular flexibility index (Phi) is 5.95. The van der Waals surface area contributed by atoms with Crippen LogP contribution in [0.15, 0.2) is 72.8 Å². The highest BCUT2D eigenvalue weighted by Crippen LogP contribution is 2.47. The zero-order chi connectivity index (χ0) is 21.0. The van der Waals surface area contributed by atoms with Crippen LogP contribution in [0.1, 0.15) is 53.4 Å². The lowest BCUT2D eigenvalue weighted by molar-refractivity contribution is 0.293. The van der Waals surface area contributed by atoms with E-state index in [-0.39, 0.29) is 0 Å². The number of epoxide rings is 1. The summed E-state index contributed by atoms with van der Waals surface area (Å²) >= 11 is 0. The van der Waals surface area contributed by atoms with Crippen LogP contribution in [0.5, 0.6) is 11.5 Å². The second-order valence-electron chi connectivity index (χ2n) is 8.61. The van der Waals surface area contributed by atoms with E-state index in [4.69, 9.17) is 14.2 Å². The number of aryl methyl sites for hydroxylation is 1. The molecule has 0 spiro atoms. The van der Waals surface area contributed by atoms with Crippen molar-refractivity contribution >= 4 is 0 Å². The summed E-state index contributed by atoms with van der Waals surface area (Å²) < 4.78 is 16.7. The monoisotopic (exact) mass is 414 g/mol. The van der Waals surface area contributed by atoms with E-state index in [1.807, 2.05) is 0 Å². The number of benzene rings is 3. The lowest BCUT2D eigenvalue weighted by Crippen LogP contribution is -2.20. The van der Waals surface area contributed by atoms with Crippen LogP contribution in [-0.2, 0) is 11.2 Å². The van der Waals surface area contributed by atoms with Gasteiger partial charge in [0, 0.05) is 5.92 Å². The van der Waals surface area contributed by atoms with Gasteiger partial charge in [0.25, 0.3) is 0 Å². The summed E-state index contributed by atoms with van der Waals surface area (Å²) in [6, 6.07) is 26.3. The van der Waals surface area contributed by atoms with Crippen molar-refractivity contribution in [3.63, 3.8) is 0 Å². The normalized spacial score (nSPS) is 21.9. The van der Waals surface area contributed by atoms with Crippen LogP contribution in [-0.4, -0.2) is 26.4 Å². The third-order valence-corrected chi connectivity index (χ3v) is 6.62. The molecule has 31 heavy (non-hydrogen) atoms. The van der Waals surface area contributed by atoms with Crippen molar-refractivity contribution in [3.05, 3.63) is 95.1 Å². The summed E-state index contributed by atoms with van der Waals surface area (Å²) in [5.41, 5.74) is 5.58. The molecule has 2 aliphatic rings.